The van der Waals surface area contributed by atoms with E-state index in [4.69, 9.17) is 0 Å². The molecule has 2 heterocycles. The second-order valence-electron chi connectivity index (χ2n) is 6.28. The molecule has 0 spiro atoms. The third-order valence-electron chi connectivity index (χ3n) is 4.57. The van der Waals surface area contributed by atoms with Gasteiger partial charge < -0.3 is 10.6 Å². The highest BCUT2D eigenvalue weighted by atomic mass is 32.1. The van der Waals surface area contributed by atoms with E-state index in [1.807, 2.05) is 0 Å². The van der Waals surface area contributed by atoms with E-state index in [2.05, 4.69) is 20.6 Å². The molecule has 1 aliphatic carbocycles. The Kier molecular flexibility index (Phi) is 4.79. The van der Waals surface area contributed by atoms with E-state index in [0.717, 1.165) is 28.9 Å². The predicted octanol–water partition coefficient (Wildman–Crippen LogP) is 3.55. The van der Waals surface area contributed by atoms with Gasteiger partial charge in [-0.25, -0.2) is 14.4 Å². The molecule has 2 N–H and O–H groups in total. The molecule has 1 aromatic carbocycles. The van der Waals surface area contributed by atoms with Gasteiger partial charge >= 0.3 is 0 Å². The van der Waals surface area contributed by atoms with Crippen molar-refractivity contribution in [1.82, 2.24) is 15.3 Å². The first-order valence-corrected chi connectivity index (χ1v) is 9.57. The molecule has 26 heavy (non-hydrogen) atoms. The molecular formula is C19H19FN4OS. The fourth-order valence-corrected chi connectivity index (χ4v) is 4.55. The smallest absolute Gasteiger partial charge is 0.254 e. The molecule has 0 radical (unpaired) electrons. The molecule has 0 atom stereocenters. The first-order valence-electron chi connectivity index (χ1n) is 8.76. The SMILES string of the molecule is O=C(NCCNc1ncnc2sc3c(c12)CCCC3)c1ccccc1F. The van der Waals surface area contributed by atoms with Crippen molar-refractivity contribution in [2.24, 2.45) is 0 Å². The maximum Gasteiger partial charge on any atom is 0.254 e. The molecule has 0 saturated carbocycles. The predicted molar refractivity (Wildman–Crippen MR) is 101 cm³/mol. The summed E-state index contributed by atoms with van der Waals surface area (Å²) >= 11 is 1.75. The Balaban J connectivity index is 1.42. The van der Waals surface area contributed by atoms with Gasteiger partial charge in [-0.3, -0.25) is 4.79 Å². The zero-order valence-corrected chi connectivity index (χ0v) is 15.0. The number of aryl methyl sites for hydroxylation is 2. The Morgan fingerprint density at radius 1 is 1.15 bits per heavy atom. The number of thiophene rings is 1. The lowest BCUT2D eigenvalue weighted by molar-refractivity contribution is 0.0951. The minimum atomic E-state index is -0.514. The lowest BCUT2D eigenvalue weighted by Gasteiger charge is -2.12. The van der Waals surface area contributed by atoms with Gasteiger partial charge in [-0.2, -0.15) is 0 Å². The normalized spacial score (nSPS) is 13.4. The van der Waals surface area contributed by atoms with Crippen LogP contribution >= 0.6 is 11.3 Å². The molecule has 7 heteroatoms. The van der Waals surface area contributed by atoms with Crippen LogP contribution in [0.3, 0.4) is 0 Å². The molecule has 0 bridgehead atoms. The van der Waals surface area contributed by atoms with E-state index >= 15 is 0 Å². The number of fused-ring (bicyclic) bond motifs is 3. The van der Waals surface area contributed by atoms with Crippen LogP contribution in [-0.4, -0.2) is 29.0 Å². The quantitative estimate of drug-likeness (QED) is 0.674. The second-order valence-corrected chi connectivity index (χ2v) is 7.36. The third kappa shape index (κ3) is 3.26. The van der Waals surface area contributed by atoms with Crippen molar-refractivity contribution in [2.75, 3.05) is 18.4 Å². The van der Waals surface area contributed by atoms with Gasteiger partial charge in [-0.1, -0.05) is 12.1 Å². The summed E-state index contributed by atoms with van der Waals surface area (Å²) in [5.74, 6) is -0.111. The van der Waals surface area contributed by atoms with E-state index in [1.165, 1.54) is 35.4 Å². The largest absolute Gasteiger partial charge is 0.368 e. The first kappa shape index (κ1) is 16.9. The Labute approximate surface area is 154 Å². The number of halogens is 1. The average molecular weight is 370 g/mol. The van der Waals surface area contributed by atoms with Crippen molar-refractivity contribution in [3.8, 4) is 0 Å². The minimum absolute atomic E-state index is 0.0591. The highest BCUT2D eigenvalue weighted by Gasteiger charge is 2.19. The van der Waals surface area contributed by atoms with Gasteiger partial charge in [0, 0.05) is 18.0 Å². The average Bonchev–Trinajstić information content (AvgIpc) is 3.05. The van der Waals surface area contributed by atoms with Crippen molar-refractivity contribution >= 4 is 33.3 Å². The molecule has 0 unspecified atom stereocenters. The summed E-state index contributed by atoms with van der Waals surface area (Å²) in [6, 6.07) is 5.97. The van der Waals surface area contributed by atoms with Gasteiger partial charge in [0.15, 0.2) is 0 Å². The van der Waals surface area contributed by atoms with Crippen LogP contribution in [0.15, 0.2) is 30.6 Å². The monoisotopic (exact) mass is 370 g/mol. The van der Waals surface area contributed by atoms with Crippen LogP contribution < -0.4 is 10.6 Å². The molecule has 0 aliphatic heterocycles. The summed E-state index contributed by atoms with van der Waals surface area (Å²) in [6.07, 6.45) is 6.20. The summed E-state index contributed by atoms with van der Waals surface area (Å²) in [4.78, 5) is 23.3. The van der Waals surface area contributed by atoms with Crippen LogP contribution in [0.1, 0.15) is 33.6 Å². The van der Waals surface area contributed by atoms with E-state index in [0.29, 0.717) is 13.1 Å². The summed E-state index contributed by atoms with van der Waals surface area (Å²) in [5, 5.41) is 7.14. The minimum Gasteiger partial charge on any atom is -0.368 e. The number of benzene rings is 1. The van der Waals surface area contributed by atoms with E-state index in [1.54, 1.807) is 29.8 Å². The summed E-state index contributed by atoms with van der Waals surface area (Å²) in [6.45, 7) is 0.891. The molecule has 1 amide bonds. The van der Waals surface area contributed by atoms with E-state index < -0.39 is 11.7 Å². The van der Waals surface area contributed by atoms with Crippen LogP contribution in [0.4, 0.5) is 10.2 Å². The number of anilines is 1. The zero-order chi connectivity index (χ0) is 17.9. The fraction of sp³-hybridized carbons (Fsp3) is 0.316. The number of amides is 1. The van der Waals surface area contributed by atoms with Gasteiger partial charge in [0.2, 0.25) is 0 Å². The van der Waals surface area contributed by atoms with Crippen LogP contribution in [0, 0.1) is 5.82 Å². The molecular weight excluding hydrogens is 351 g/mol. The molecule has 3 aromatic rings. The molecule has 0 fully saturated rings. The number of hydrogen-bond acceptors (Lipinski definition) is 5. The number of aromatic nitrogens is 2. The second kappa shape index (κ2) is 7.37. The van der Waals surface area contributed by atoms with Crippen LogP contribution in [0.2, 0.25) is 0 Å². The lowest BCUT2D eigenvalue weighted by Crippen LogP contribution is -2.29. The van der Waals surface area contributed by atoms with Gasteiger partial charge in [-0.15, -0.1) is 11.3 Å². The maximum absolute atomic E-state index is 13.6. The molecule has 0 saturated heterocycles. The number of carbonyl (C=O) groups is 1. The Morgan fingerprint density at radius 2 is 2.00 bits per heavy atom. The molecule has 5 nitrogen and oxygen atoms in total. The molecule has 4 rings (SSSR count). The van der Waals surface area contributed by atoms with E-state index in [-0.39, 0.29) is 5.56 Å². The number of carbonyl (C=O) groups excluding carboxylic acids is 1. The summed E-state index contributed by atoms with van der Waals surface area (Å²) in [5.41, 5.74) is 1.43. The Bertz CT molecular complexity index is 956. The summed E-state index contributed by atoms with van der Waals surface area (Å²) < 4.78 is 13.6. The Hall–Kier alpha value is -2.54. The number of nitrogens with one attached hydrogen (secondary N) is 2. The van der Waals surface area contributed by atoms with Crippen LogP contribution in [-0.2, 0) is 12.8 Å². The maximum atomic E-state index is 13.6. The van der Waals surface area contributed by atoms with Gasteiger partial charge in [0.1, 0.15) is 22.8 Å². The number of hydrogen-bond donors (Lipinski definition) is 2. The van der Waals surface area contributed by atoms with Crippen molar-refractivity contribution in [1.29, 1.82) is 0 Å². The van der Waals surface area contributed by atoms with Crippen molar-refractivity contribution in [2.45, 2.75) is 25.7 Å². The van der Waals surface area contributed by atoms with Crippen molar-refractivity contribution < 1.29 is 9.18 Å². The van der Waals surface area contributed by atoms with E-state index in [9.17, 15) is 9.18 Å². The van der Waals surface area contributed by atoms with Crippen LogP contribution in [0.5, 0.6) is 0 Å². The lowest BCUT2D eigenvalue weighted by atomic mass is 9.97. The van der Waals surface area contributed by atoms with Crippen molar-refractivity contribution in [3.05, 3.63) is 52.4 Å². The van der Waals surface area contributed by atoms with Crippen LogP contribution in [0.25, 0.3) is 10.2 Å². The third-order valence-corrected chi connectivity index (χ3v) is 5.77. The zero-order valence-electron chi connectivity index (χ0n) is 14.2. The van der Waals surface area contributed by atoms with Gasteiger partial charge in [0.05, 0.1) is 10.9 Å². The van der Waals surface area contributed by atoms with Gasteiger partial charge in [-0.05, 0) is 43.4 Å². The van der Waals surface area contributed by atoms with Crippen molar-refractivity contribution in [3.63, 3.8) is 0 Å². The molecule has 1 aliphatic rings. The summed E-state index contributed by atoms with van der Waals surface area (Å²) in [7, 11) is 0. The molecule has 2 aromatic heterocycles. The topological polar surface area (TPSA) is 66.9 Å². The standard InChI is InChI=1S/C19H19FN4OS/c20-14-7-3-1-5-12(14)18(25)22-10-9-21-17-16-13-6-2-4-8-15(13)26-19(16)24-11-23-17/h1,3,5,7,11H,2,4,6,8-10H2,(H,22,25)(H,21,23,24). The number of rotatable bonds is 5. The highest BCUT2D eigenvalue weighted by Crippen LogP contribution is 2.37. The first-order chi connectivity index (χ1) is 12.7. The highest BCUT2D eigenvalue weighted by molar-refractivity contribution is 7.19. The van der Waals surface area contributed by atoms with Gasteiger partial charge in [0.25, 0.3) is 5.91 Å². The Morgan fingerprint density at radius 3 is 2.88 bits per heavy atom. The fourth-order valence-electron chi connectivity index (χ4n) is 3.32. The number of nitrogens with zero attached hydrogens (tertiary/aromatic N) is 2. The molecule has 134 valence electrons.